The minimum absolute atomic E-state index is 0.397. The Morgan fingerprint density at radius 1 is 0.903 bits per heavy atom. The zero-order chi connectivity index (χ0) is 21.4. The van der Waals surface area contributed by atoms with Crippen LogP contribution >= 0.6 is 55.0 Å². The van der Waals surface area contributed by atoms with E-state index in [0.29, 0.717) is 16.2 Å². The predicted molar refractivity (Wildman–Crippen MR) is 135 cm³/mol. The van der Waals surface area contributed by atoms with Gasteiger partial charge in [0.05, 0.1) is 15.7 Å². The van der Waals surface area contributed by atoms with Crippen molar-refractivity contribution in [3.05, 3.63) is 97.5 Å². The van der Waals surface area contributed by atoms with Crippen molar-refractivity contribution >= 4 is 65.9 Å². The van der Waals surface area contributed by atoms with E-state index in [1.165, 1.54) is 16.2 Å². The molecule has 0 fully saturated rings. The van der Waals surface area contributed by atoms with Gasteiger partial charge in [0.2, 0.25) is 0 Å². The largest absolute Gasteiger partial charge is 0.421 e. The molecule has 5 rings (SSSR count). The van der Waals surface area contributed by atoms with Crippen LogP contribution in [0.25, 0.3) is 32.8 Å². The molecule has 0 saturated heterocycles. The lowest BCUT2D eigenvalue weighted by Crippen LogP contribution is -2.02. The Labute approximate surface area is 203 Å². The van der Waals surface area contributed by atoms with Crippen LogP contribution in [-0.2, 0) is 0 Å². The molecule has 7 heteroatoms. The molecule has 0 N–H and O–H groups in total. The molecular weight excluding hydrogens is 558 g/mol. The Hall–Kier alpha value is -2.19. The van der Waals surface area contributed by atoms with Gasteiger partial charge in [-0.05, 0) is 58.4 Å². The van der Waals surface area contributed by atoms with Gasteiger partial charge in [0, 0.05) is 30.6 Å². The van der Waals surface area contributed by atoms with Crippen molar-refractivity contribution in [3.8, 4) is 21.8 Å². The Kier molecular flexibility index (Phi) is 5.84. The highest BCUT2D eigenvalue weighted by molar-refractivity contribution is 9.11. The quantitative estimate of drug-likeness (QED) is 0.204. The Morgan fingerprint density at radius 2 is 1.65 bits per heavy atom. The maximum Gasteiger partial charge on any atom is 0.346 e. The van der Waals surface area contributed by atoms with E-state index in [-0.39, 0.29) is 0 Å². The topological polar surface area (TPSA) is 43.1 Å². The number of halogens is 2. The normalized spacial score (nSPS) is 11.2. The van der Waals surface area contributed by atoms with Crippen LogP contribution in [0.4, 0.5) is 0 Å². The minimum Gasteiger partial charge on any atom is -0.421 e. The van der Waals surface area contributed by atoms with Crippen molar-refractivity contribution in [3.63, 3.8) is 0 Å². The minimum atomic E-state index is -0.397. The van der Waals surface area contributed by atoms with E-state index < -0.39 is 5.63 Å². The van der Waals surface area contributed by atoms with Gasteiger partial charge >= 0.3 is 5.63 Å². The second-order valence-corrected chi connectivity index (χ2v) is 10.5. The van der Waals surface area contributed by atoms with Crippen LogP contribution in [0.2, 0.25) is 0 Å². The predicted octanol–water partition coefficient (Wildman–Crippen LogP) is 8.26. The Balaban J connectivity index is 1.45. The van der Waals surface area contributed by atoms with Crippen molar-refractivity contribution in [2.24, 2.45) is 0 Å². The molecule has 0 bridgehead atoms. The maximum absolute atomic E-state index is 12.6. The summed E-state index contributed by atoms with van der Waals surface area (Å²) >= 11 is 10.1. The highest BCUT2D eigenvalue weighted by Crippen LogP contribution is 2.33. The molecule has 3 aromatic carbocycles. The highest BCUT2D eigenvalue weighted by atomic mass is 79.9. The Morgan fingerprint density at radius 3 is 2.42 bits per heavy atom. The number of hydrogen-bond acceptors (Lipinski definition) is 5. The summed E-state index contributed by atoms with van der Waals surface area (Å²) in [6, 6.07) is 24.2. The molecule has 0 aliphatic carbocycles. The summed E-state index contributed by atoms with van der Waals surface area (Å²) in [4.78, 5) is 19.7. The van der Waals surface area contributed by atoms with Gasteiger partial charge in [-0.2, -0.15) is 0 Å². The molecule has 5 aromatic rings. The fourth-order valence-electron chi connectivity index (χ4n) is 3.15. The molecule has 0 saturated carbocycles. The lowest BCUT2D eigenvalue weighted by atomic mass is 10.1. The van der Waals surface area contributed by atoms with Crippen LogP contribution in [0.15, 0.2) is 106 Å². The molecular formula is C24H13Br2NO2S2. The molecule has 0 radical (unpaired) electrons. The smallest absolute Gasteiger partial charge is 0.346 e. The second kappa shape index (κ2) is 8.74. The average molecular weight is 571 g/mol. The van der Waals surface area contributed by atoms with E-state index >= 15 is 0 Å². The summed E-state index contributed by atoms with van der Waals surface area (Å²) in [5, 5.41) is 3.44. The van der Waals surface area contributed by atoms with Gasteiger partial charge in [-0.3, -0.25) is 0 Å². The molecule has 0 unspecified atom stereocenters. The summed E-state index contributed by atoms with van der Waals surface area (Å²) in [6.07, 6.45) is 0. The first-order valence-electron chi connectivity index (χ1n) is 9.29. The number of rotatable bonds is 4. The van der Waals surface area contributed by atoms with Gasteiger partial charge in [0.25, 0.3) is 0 Å². The summed E-state index contributed by atoms with van der Waals surface area (Å²) < 4.78 is 7.19. The summed E-state index contributed by atoms with van der Waals surface area (Å²) in [6.45, 7) is 0. The molecule has 3 nitrogen and oxygen atoms in total. The van der Waals surface area contributed by atoms with Crippen LogP contribution in [0.1, 0.15) is 0 Å². The maximum atomic E-state index is 12.6. The third-order valence-corrected chi connectivity index (χ3v) is 7.55. The van der Waals surface area contributed by atoms with Gasteiger partial charge in [-0.15, -0.1) is 11.3 Å². The summed E-state index contributed by atoms with van der Waals surface area (Å²) in [5.74, 6) is 0. The van der Waals surface area contributed by atoms with Gasteiger partial charge in [-0.25, -0.2) is 9.78 Å². The number of benzene rings is 3. The van der Waals surface area contributed by atoms with Gasteiger partial charge < -0.3 is 4.42 Å². The van der Waals surface area contributed by atoms with E-state index in [4.69, 9.17) is 9.40 Å². The first-order valence-corrected chi connectivity index (χ1v) is 12.6. The number of thiazole rings is 1. The second-order valence-electron chi connectivity index (χ2n) is 6.73. The van der Waals surface area contributed by atoms with E-state index in [1.807, 2.05) is 41.8 Å². The molecule has 2 aromatic heterocycles. The molecule has 0 spiro atoms. The number of fused-ring (bicyclic) bond motifs is 1. The SMILES string of the molecule is O=c1oc2c(Br)cc(Br)cc2cc1-c1nc(-c2ccc(Sc3ccccc3)cc2)cs1. The van der Waals surface area contributed by atoms with E-state index in [0.717, 1.165) is 30.5 Å². The number of aromatic nitrogens is 1. The van der Waals surface area contributed by atoms with Crippen LogP contribution in [0.3, 0.4) is 0 Å². The van der Waals surface area contributed by atoms with E-state index in [1.54, 1.807) is 11.8 Å². The molecule has 0 atom stereocenters. The first kappa shape index (κ1) is 20.7. The molecule has 0 amide bonds. The van der Waals surface area contributed by atoms with Crippen LogP contribution in [-0.4, -0.2) is 4.98 Å². The van der Waals surface area contributed by atoms with E-state index in [2.05, 4.69) is 68.3 Å². The molecule has 2 heterocycles. The van der Waals surface area contributed by atoms with Crippen LogP contribution < -0.4 is 5.63 Å². The first-order chi connectivity index (χ1) is 15.1. The van der Waals surface area contributed by atoms with Crippen molar-refractivity contribution in [1.82, 2.24) is 4.98 Å². The lowest BCUT2D eigenvalue weighted by Gasteiger charge is -2.03. The standard InChI is InChI=1S/C24H13Br2NO2S2/c25-16-10-15-11-19(24(28)29-22(15)20(26)12-16)23-27-21(13-30-23)14-6-8-18(9-7-14)31-17-4-2-1-3-5-17/h1-13H. The molecule has 0 aliphatic rings. The zero-order valence-corrected chi connectivity index (χ0v) is 20.6. The van der Waals surface area contributed by atoms with Crippen molar-refractivity contribution in [2.45, 2.75) is 9.79 Å². The average Bonchev–Trinajstić information content (AvgIpc) is 3.25. The lowest BCUT2D eigenvalue weighted by molar-refractivity contribution is 0.561. The summed E-state index contributed by atoms with van der Waals surface area (Å²) in [5.41, 5.74) is 2.44. The summed E-state index contributed by atoms with van der Waals surface area (Å²) in [7, 11) is 0. The number of nitrogens with zero attached hydrogens (tertiary/aromatic N) is 1. The van der Waals surface area contributed by atoms with E-state index in [9.17, 15) is 4.79 Å². The van der Waals surface area contributed by atoms with Crippen LogP contribution in [0, 0.1) is 0 Å². The third-order valence-electron chi connectivity index (χ3n) is 4.62. The Bertz CT molecular complexity index is 1440. The van der Waals surface area contributed by atoms with Gasteiger partial charge in [-0.1, -0.05) is 58.0 Å². The van der Waals surface area contributed by atoms with Crippen molar-refractivity contribution in [2.75, 3.05) is 0 Å². The van der Waals surface area contributed by atoms with Gasteiger partial charge in [0.15, 0.2) is 5.58 Å². The van der Waals surface area contributed by atoms with Crippen LogP contribution in [0.5, 0.6) is 0 Å². The van der Waals surface area contributed by atoms with Gasteiger partial charge in [0.1, 0.15) is 5.01 Å². The zero-order valence-electron chi connectivity index (χ0n) is 15.8. The highest BCUT2D eigenvalue weighted by Gasteiger charge is 2.14. The third kappa shape index (κ3) is 4.41. The fraction of sp³-hybridized carbons (Fsp3) is 0. The molecule has 31 heavy (non-hydrogen) atoms. The molecule has 152 valence electrons. The van der Waals surface area contributed by atoms with Crippen molar-refractivity contribution in [1.29, 1.82) is 0 Å². The molecule has 0 aliphatic heterocycles. The van der Waals surface area contributed by atoms with Crippen molar-refractivity contribution < 1.29 is 4.42 Å². The monoisotopic (exact) mass is 569 g/mol. The fourth-order valence-corrected chi connectivity index (χ4v) is 6.16. The number of hydrogen-bond donors (Lipinski definition) is 0.